The third-order valence-corrected chi connectivity index (χ3v) is 4.13. The van der Waals surface area contributed by atoms with Gasteiger partial charge in [0.05, 0.1) is 33.6 Å². The zero-order chi connectivity index (χ0) is 17.7. The van der Waals surface area contributed by atoms with Gasteiger partial charge in [0.2, 0.25) is 0 Å². The van der Waals surface area contributed by atoms with Gasteiger partial charge < -0.3 is 26.2 Å². The van der Waals surface area contributed by atoms with Gasteiger partial charge in [0.25, 0.3) is 0 Å². The molecule has 3 nitrogen and oxygen atoms in total. The molecule has 1 aromatic carbocycles. The minimum absolute atomic E-state index is 0. The normalized spacial score (nSPS) is 14.5. The summed E-state index contributed by atoms with van der Waals surface area (Å²) < 4.78 is 6.60. The second-order valence-electron chi connectivity index (χ2n) is 8.49. The van der Waals surface area contributed by atoms with Gasteiger partial charge in [-0.15, -0.1) is 0 Å². The number of hydrogen-bond acceptors (Lipinski definition) is 2. The molecule has 0 aliphatic heterocycles. The fraction of sp³-hybridized carbons (Fsp3) is 0.650. The molecule has 0 N–H and O–H groups in total. The van der Waals surface area contributed by atoms with Gasteiger partial charge in [-0.05, 0) is 11.5 Å². The van der Waals surface area contributed by atoms with Gasteiger partial charge in [0.15, 0.2) is 0 Å². The van der Waals surface area contributed by atoms with E-state index in [-0.39, 0.29) is 40.2 Å². The first-order valence-electron chi connectivity index (χ1n) is 8.58. The first kappa shape index (κ1) is 23.1. The number of carbonyl (C=O) groups is 1. The van der Waals surface area contributed by atoms with Crippen molar-refractivity contribution in [1.82, 2.24) is 0 Å². The number of nitrogens with zero attached hydrogens (tertiary/aromatic N) is 1. The van der Waals surface area contributed by atoms with E-state index in [9.17, 15) is 4.79 Å². The summed E-state index contributed by atoms with van der Waals surface area (Å²) in [6.45, 7) is 9.97. The van der Waals surface area contributed by atoms with E-state index in [1.165, 1.54) is 0 Å². The number of carbonyl (C=O) groups excluding carboxylic acids is 1. The Kier molecular flexibility index (Phi) is 9.22. The van der Waals surface area contributed by atoms with Crippen molar-refractivity contribution in [3.63, 3.8) is 0 Å². The highest BCUT2D eigenvalue weighted by atomic mass is 79.9. The molecule has 4 heteroatoms. The molecule has 0 saturated heterocycles. The van der Waals surface area contributed by atoms with Crippen LogP contribution in [0.5, 0.6) is 0 Å². The lowest BCUT2D eigenvalue weighted by atomic mass is 9.85. The van der Waals surface area contributed by atoms with E-state index in [0.717, 1.165) is 23.0 Å². The summed E-state index contributed by atoms with van der Waals surface area (Å²) in [5.74, 6) is -0.00688. The summed E-state index contributed by atoms with van der Waals surface area (Å²) in [6, 6.07) is 10.00. The van der Waals surface area contributed by atoms with Crippen molar-refractivity contribution in [3.8, 4) is 0 Å². The third-order valence-electron chi connectivity index (χ3n) is 4.13. The number of benzene rings is 1. The van der Waals surface area contributed by atoms with Crippen LogP contribution in [0.25, 0.3) is 0 Å². The van der Waals surface area contributed by atoms with E-state index >= 15 is 0 Å². The van der Waals surface area contributed by atoms with Crippen molar-refractivity contribution < 1.29 is 31.0 Å². The summed E-state index contributed by atoms with van der Waals surface area (Å²) in [5.41, 5.74) is 1.01. The molecule has 1 aromatic rings. The van der Waals surface area contributed by atoms with Gasteiger partial charge in [-0.3, -0.25) is 4.79 Å². The summed E-state index contributed by atoms with van der Waals surface area (Å²) in [7, 11) is 6.49. The minimum atomic E-state index is -0.180. The van der Waals surface area contributed by atoms with Crippen LogP contribution in [0, 0.1) is 11.3 Å². The molecule has 0 amide bonds. The van der Waals surface area contributed by atoms with Crippen molar-refractivity contribution in [2.45, 2.75) is 40.0 Å². The Balaban J connectivity index is 0.00000529. The lowest BCUT2D eigenvalue weighted by Crippen LogP contribution is -3.00. The molecule has 0 heterocycles. The van der Waals surface area contributed by atoms with Crippen molar-refractivity contribution in [1.29, 1.82) is 0 Å². The van der Waals surface area contributed by atoms with E-state index in [1.807, 2.05) is 30.3 Å². The highest BCUT2D eigenvalue weighted by molar-refractivity contribution is 5.78. The van der Waals surface area contributed by atoms with Gasteiger partial charge in [-0.25, -0.2) is 0 Å². The van der Waals surface area contributed by atoms with E-state index in [4.69, 9.17) is 4.74 Å². The summed E-state index contributed by atoms with van der Waals surface area (Å²) >= 11 is 0. The number of esters is 1. The number of hydrogen-bond donors (Lipinski definition) is 0. The second kappa shape index (κ2) is 9.57. The SMILES string of the molecule is CCC(C)C(C(=O)OCC(C)(C)C[N+](C)(C)C)c1ccccc1.[Br-]. The average Bonchev–Trinajstić information content (AvgIpc) is 2.44. The number of ether oxygens (including phenoxy) is 1. The maximum absolute atomic E-state index is 12.7. The van der Waals surface area contributed by atoms with Gasteiger partial charge in [-0.1, -0.05) is 64.4 Å². The fourth-order valence-corrected chi connectivity index (χ4v) is 3.28. The molecule has 0 aromatic heterocycles. The van der Waals surface area contributed by atoms with Gasteiger partial charge in [0.1, 0.15) is 6.61 Å². The fourth-order valence-electron chi connectivity index (χ4n) is 3.28. The molecule has 138 valence electrons. The van der Waals surface area contributed by atoms with Crippen LogP contribution >= 0.6 is 0 Å². The molecule has 0 radical (unpaired) electrons. The molecule has 0 fully saturated rings. The molecular weight excluding hydrogens is 366 g/mol. The highest BCUT2D eigenvalue weighted by Crippen LogP contribution is 2.29. The smallest absolute Gasteiger partial charge is 0.313 e. The first-order valence-corrected chi connectivity index (χ1v) is 8.58. The Labute approximate surface area is 158 Å². The molecule has 0 spiro atoms. The molecular formula is C20H34BrNO2. The van der Waals surface area contributed by atoms with Crippen LogP contribution in [0.2, 0.25) is 0 Å². The summed E-state index contributed by atoms with van der Waals surface area (Å²) in [6.07, 6.45) is 0.955. The van der Waals surface area contributed by atoms with Crippen molar-refractivity contribution in [3.05, 3.63) is 35.9 Å². The number of halogens is 1. The van der Waals surface area contributed by atoms with Crippen LogP contribution in [-0.4, -0.2) is 44.7 Å². The standard InChI is InChI=1S/C20H34NO2.BrH/c1-8-16(2)18(17-12-10-9-11-13-17)19(22)23-15-20(3,4)14-21(5,6)7;/h9-13,16,18H,8,14-15H2,1-7H3;1H/q+1;/p-1. The van der Waals surface area contributed by atoms with Crippen LogP contribution in [0.15, 0.2) is 30.3 Å². The van der Waals surface area contributed by atoms with Gasteiger partial charge >= 0.3 is 5.97 Å². The first-order chi connectivity index (χ1) is 10.6. The van der Waals surface area contributed by atoms with E-state index < -0.39 is 0 Å². The van der Waals surface area contributed by atoms with Gasteiger partial charge in [-0.2, -0.15) is 0 Å². The summed E-state index contributed by atoms with van der Waals surface area (Å²) in [4.78, 5) is 12.7. The molecule has 1 rings (SSSR count). The topological polar surface area (TPSA) is 26.3 Å². The Morgan fingerprint density at radius 3 is 2.17 bits per heavy atom. The summed E-state index contributed by atoms with van der Waals surface area (Å²) in [5, 5.41) is 0. The third kappa shape index (κ3) is 7.80. The highest BCUT2D eigenvalue weighted by Gasteiger charge is 2.31. The monoisotopic (exact) mass is 399 g/mol. The predicted octanol–water partition coefficient (Wildman–Crippen LogP) is 1.10. The van der Waals surface area contributed by atoms with Crippen LogP contribution in [-0.2, 0) is 9.53 Å². The van der Waals surface area contributed by atoms with Crippen molar-refractivity contribution >= 4 is 5.97 Å². The molecule has 0 bridgehead atoms. The molecule has 2 atom stereocenters. The van der Waals surface area contributed by atoms with Crippen LogP contribution < -0.4 is 17.0 Å². The average molecular weight is 400 g/mol. The Morgan fingerprint density at radius 2 is 1.71 bits per heavy atom. The molecule has 0 aliphatic carbocycles. The lowest BCUT2D eigenvalue weighted by Gasteiger charge is -2.34. The maximum atomic E-state index is 12.7. The predicted molar refractivity (Wildman–Crippen MR) is 96.3 cm³/mol. The Hall–Kier alpha value is -0.870. The van der Waals surface area contributed by atoms with Crippen molar-refractivity contribution in [2.75, 3.05) is 34.3 Å². The quantitative estimate of drug-likeness (QED) is 0.483. The zero-order valence-electron chi connectivity index (χ0n) is 16.3. The maximum Gasteiger partial charge on any atom is 0.313 e. The van der Waals surface area contributed by atoms with Crippen LogP contribution in [0.3, 0.4) is 0 Å². The molecule has 0 aliphatic rings. The molecule has 24 heavy (non-hydrogen) atoms. The lowest BCUT2D eigenvalue weighted by molar-refractivity contribution is -0.877. The van der Waals surface area contributed by atoms with Gasteiger partial charge in [0, 0.05) is 5.41 Å². The number of rotatable bonds is 8. The zero-order valence-corrected chi connectivity index (χ0v) is 17.9. The van der Waals surface area contributed by atoms with Crippen molar-refractivity contribution in [2.24, 2.45) is 11.3 Å². The van der Waals surface area contributed by atoms with Crippen LogP contribution in [0.1, 0.15) is 45.6 Å². The number of quaternary nitrogens is 1. The Bertz CT molecular complexity index is 494. The second-order valence-corrected chi connectivity index (χ2v) is 8.49. The molecule has 2 unspecified atom stereocenters. The Morgan fingerprint density at radius 1 is 1.17 bits per heavy atom. The largest absolute Gasteiger partial charge is 1.00 e. The van der Waals surface area contributed by atoms with E-state index in [0.29, 0.717) is 6.61 Å². The molecule has 0 saturated carbocycles. The minimum Gasteiger partial charge on any atom is -1.00 e. The van der Waals surface area contributed by atoms with E-state index in [2.05, 4.69) is 48.8 Å². The van der Waals surface area contributed by atoms with E-state index in [1.54, 1.807) is 0 Å². The van der Waals surface area contributed by atoms with Crippen LogP contribution in [0.4, 0.5) is 0 Å².